The highest BCUT2D eigenvalue weighted by Gasteiger charge is 2.16. The lowest BCUT2D eigenvalue weighted by Crippen LogP contribution is -2.17. The van der Waals surface area contributed by atoms with E-state index < -0.39 is 0 Å². The molecule has 0 bridgehead atoms. The monoisotopic (exact) mass is 313 g/mol. The fourth-order valence-electron chi connectivity index (χ4n) is 2.75. The van der Waals surface area contributed by atoms with Crippen molar-refractivity contribution in [3.05, 3.63) is 59.2 Å². The van der Waals surface area contributed by atoms with Crippen LogP contribution in [-0.2, 0) is 6.42 Å². The molecule has 23 heavy (non-hydrogen) atoms. The first-order chi connectivity index (χ1) is 11.2. The average Bonchev–Trinajstić information content (AvgIpc) is 2.59. The summed E-state index contributed by atoms with van der Waals surface area (Å²) in [6.07, 6.45) is 1.88. The molecule has 0 aromatic heterocycles. The lowest BCUT2D eigenvalue weighted by Gasteiger charge is -2.20. The van der Waals surface area contributed by atoms with Gasteiger partial charge in [-0.3, -0.25) is 0 Å². The van der Waals surface area contributed by atoms with Crippen LogP contribution in [0.1, 0.15) is 36.0 Å². The van der Waals surface area contributed by atoms with E-state index in [1.54, 1.807) is 7.11 Å². The van der Waals surface area contributed by atoms with Crippen LogP contribution in [0, 0.1) is 6.92 Å². The van der Waals surface area contributed by atoms with Gasteiger partial charge in [0.15, 0.2) is 0 Å². The van der Waals surface area contributed by atoms with Gasteiger partial charge in [0.2, 0.25) is 0 Å². The fraction of sp³-hybridized carbons (Fsp3) is 0.400. The lowest BCUT2D eigenvalue weighted by atomic mass is 9.93. The van der Waals surface area contributed by atoms with Crippen molar-refractivity contribution in [2.24, 2.45) is 5.73 Å². The average molecular weight is 313 g/mol. The maximum absolute atomic E-state index is 6.02. The third kappa shape index (κ3) is 4.49. The number of hydrogen-bond acceptors (Lipinski definition) is 3. The number of aryl methyl sites for hydroxylation is 2. The first-order valence-electron chi connectivity index (χ1n) is 8.24. The molecule has 0 aliphatic carbocycles. The van der Waals surface area contributed by atoms with E-state index in [-0.39, 0.29) is 5.92 Å². The van der Waals surface area contributed by atoms with Crippen LogP contribution in [0.25, 0.3) is 0 Å². The van der Waals surface area contributed by atoms with Gasteiger partial charge in [-0.2, -0.15) is 0 Å². The third-order valence-corrected chi connectivity index (χ3v) is 4.24. The highest BCUT2D eigenvalue weighted by molar-refractivity contribution is 5.40. The van der Waals surface area contributed by atoms with Crippen LogP contribution in [0.5, 0.6) is 11.5 Å². The number of rotatable bonds is 8. The molecule has 0 saturated heterocycles. The van der Waals surface area contributed by atoms with Gasteiger partial charge in [0, 0.05) is 5.92 Å². The molecule has 3 nitrogen and oxygen atoms in total. The van der Waals surface area contributed by atoms with Gasteiger partial charge >= 0.3 is 0 Å². The number of ether oxygens (including phenoxy) is 2. The van der Waals surface area contributed by atoms with Gasteiger partial charge in [0.25, 0.3) is 0 Å². The molecule has 0 fully saturated rings. The van der Waals surface area contributed by atoms with E-state index in [0.717, 1.165) is 29.9 Å². The Hall–Kier alpha value is -2.00. The van der Waals surface area contributed by atoms with E-state index in [1.807, 2.05) is 24.3 Å². The molecule has 0 amide bonds. The molecule has 0 spiro atoms. The van der Waals surface area contributed by atoms with Crippen molar-refractivity contribution in [2.45, 2.75) is 32.6 Å². The van der Waals surface area contributed by atoms with Gasteiger partial charge in [-0.05, 0) is 55.1 Å². The summed E-state index contributed by atoms with van der Waals surface area (Å²) in [5.74, 6) is 2.09. The molecule has 2 aromatic carbocycles. The molecule has 2 N–H and O–H groups in total. The molecule has 0 aliphatic rings. The Bertz CT molecular complexity index is 625. The van der Waals surface area contributed by atoms with Crippen LogP contribution in [0.3, 0.4) is 0 Å². The second-order valence-corrected chi connectivity index (χ2v) is 5.77. The van der Waals surface area contributed by atoms with Crippen molar-refractivity contribution >= 4 is 0 Å². The molecule has 0 saturated carbocycles. The van der Waals surface area contributed by atoms with Crippen molar-refractivity contribution in [2.75, 3.05) is 20.3 Å². The topological polar surface area (TPSA) is 44.5 Å². The van der Waals surface area contributed by atoms with Crippen LogP contribution in [0.15, 0.2) is 42.5 Å². The highest BCUT2D eigenvalue weighted by atomic mass is 16.5. The second kappa shape index (κ2) is 8.59. The molecular formula is C20H27NO2. The van der Waals surface area contributed by atoms with Crippen molar-refractivity contribution in [3.8, 4) is 11.5 Å². The van der Waals surface area contributed by atoms with Crippen molar-refractivity contribution < 1.29 is 9.47 Å². The minimum Gasteiger partial charge on any atom is -0.496 e. The highest BCUT2D eigenvalue weighted by Crippen LogP contribution is 2.30. The van der Waals surface area contributed by atoms with Crippen molar-refractivity contribution in [1.29, 1.82) is 0 Å². The predicted molar refractivity (Wildman–Crippen MR) is 95.5 cm³/mol. The van der Waals surface area contributed by atoms with E-state index in [1.165, 1.54) is 11.1 Å². The zero-order valence-corrected chi connectivity index (χ0v) is 14.3. The van der Waals surface area contributed by atoms with Gasteiger partial charge in [0.1, 0.15) is 11.5 Å². The van der Waals surface area contributed by atoms with Crippen molar-refractivity contribution in [3.63, 3.8) is 0 Å². The lowest BCUT2D eigenvalue weighted by molar-refractivity contribution is 0.294. The van der Waals surface area contributed by atoms with Gasteiger partial charge in [-0.15, -0.1) is 0 Å². The summed E-state index contributed by atoms with van der Waals surface area (Å²) < 4.78 is 11.4. The Morgan fingerprint density at radius 1 is 1.09 bits per heavy atom. The number of hydrogen-bond donors (Lipinski definition) is 1. The minimum absolute atomic E-state index is 0.237. The summed E-state index contributed by atoms with van der Waals surface area (Å²) in [4.78, 5) is 0. The van der Waals surface area contributed by atoms with Crippen molar-refractivity contribution in [1.82, 2.24) is 0 Å². The van der Waals surface area contributed by atoms with E-state index in [0.29, 0.717) is 13.2 Å². The molecule has 0 radical (unpaired) electrons. The first kappa shape index (κ1) is 17.4. The summed E-state index contributed by atoms with van der Waals surface area (Å²) in [6, 6.07) is 14.4. The minimum atomic E-state index is 0.237. The zero-order valence-electron chi connectivity index (χ0n) is 14.3. The first-order valence-corrected chi connectivity index (χ1v) is 8.24. The molecule has 3 heteroatoms. The second-order valence-electron chi connectivity index (χ2n) is 5.77. The largest absolute Gasteiger partial charge is 0.496 e. The summed E-state index contributed by atoms with van der Waals surface area (Å²) in [6.45, 7) is 5.45. The molecule has 2 aromatic rings. The fourth-order valence-corrected chi connectivity index (χ4v) is 2.75. The Morgan fingerprint density at radius 3 is 2.52 bits per heavy atom. The molecule has 0 aliphatic heterocycles. The number of para-hydroxylation sites is 1. The van der Waals surface area contributed by atoms with Gasteiger partial charge < -0.3 is 15.2 Å². The van der Waals surface area contributed by atoms with E-state index >= 15 is 0 Å². The molecular weight excluding hydrogens is 286 g/mol. The van der Waals surface area contributed by atoms with Crippen LogP contribution < -0.4 is 15.2 Å². The molecule has 1 atom stereocenters. The maximum Gasteiger partial charge on any atom is 0.122 e. The summed E-state index contributed by atoms with van der Waals surface area (Å²) in [7, 11) is 1.71. The Morgan fingerprint density at radius 2 is 1.87 bits per heavy atom. The standard InChI is InChI=1S/C20H27NO2/c1-4-16-9-10-20(22-3)18(13-16)17(14-21)11-12-23-19-8-6-5-7-15(19)2/h5-10,13,17H,4,11-12,14,21H2,1-3H3. The SMILES string of the molecule is CCc1ccc(OC)c(C(CN)CCOc2ccccc2C)c1. The van der Waals surface area contributed by atoms with E-state index in [4.69, 9.17) is 15.2 Å². The van der Waals surface area contributed by atoms with E-state index in [2.05, 4.69) is 32.0 Å². The Kier molecular flexibility index (Phi) is 6.48. The number of nitrogens with two attached hydrogens (primary N) is 1. The summed E-state index contributed by atoms with van der Waals surface area (Å²) in [5.41, 5.74) is 9.66. The maximum atomic E-state index is 6.02. The molecule has 1 unspecified atom stereocenters. The summed E-state index contributed by atoms with van der Waals surface area (Å²) >= 11 is 0. The van der Waals surface area contributed by atoms with Crippen LogP contribution >= 0.6 is 0 Å². The van der Waals surface area contributed by atoms with Crippen LogP contribution in [0.4, 0.5) is 0 Å². The predicted octanol–water partition coefficient (Wildman–Crippen LogP) is 4.08. The zero-order chi connectivity index (χ0) is 16.7. The normalized spacial score (nSPS) is 12.0. The van der Waals surface area contributed by atoms with Gasteiger partial charge in [0.05, 0.1) is 13.7 Å². The van der Waals surface area contributed by atoms with E-state index in [9.17, 15) is 0 Å². The van der Waals surface area contributed by atoms with Crippen LogP contribution in [-0.4, -0.2) is 20.3 Å². The smallest absolute Gasteiger partial charge is 0.122 e. The van der Waals surface area contributed by atoms with Gasteiger partial charge in [-0.1, -0.05) is 37.3 Å². The Labute approximate surface area is 139 Å². The van der Waals surface area contributed by atoms with Crippen LogP contribution in [0.2, 0.25) is 0 Å². The number of methoxy groups -OCH3 is 1. The Balaban J connectivity index is 2.06. The quantitative estimate of drug-likeness (QED) is 0.798. The number of benzene rings is 2. The molecule has 0 heterocycles. The third-order valence-electron chi connectivity index (χ3n) is 4.24. The summed E-state index contributed by atoms with van der Waals surface area (Å²) in [5, 5.41) is 0. The molecule has 2 rings (SSSR count). The molecule has 124 valence electrons. The van der Waals surface area contributed by atoms with Gasteiger partial charge in [-0.25, -0.2) is 0 Å².